The van der Waals surface area contributed by atoms with E-state index in [0.717, 1.165) is 37.1 Å². The monoisotopic (exact) mass is 343 g/mol. The third-order valence-corrected chi connectivity index (χ3v) is 5.71. The molecule has 7 nitrogen and oxygen atoms in total. The number of carboxylic acid groups (broad SMARTS) is 1. The molecular weight excluding hydrogens is 330 g/mol. The number of oxazole rings is 1. The molecule has 0 bridgehead atoms. The number of amides is 1. The Morgan fingerprint density at radius 2 is 2.25 bits per heavy atom. The molecule has 1 N–H and O–H groups in total. The van der Waals surface area contributed by atoms with Gasteiger partial charge in [0.25, 0.3) is 5.91 Å². The van der Waals surface area contributed by atoms with E-state index in [1.165, 1.54) is 22.1 Å². The highest BCUT2D eigenvalue weighted by molar-refractivity contribution is 8.03. The van der Waals surface area contributed by atoms with Gasteiger partial charge in [-0.3, -0.25) is 9.69 Å². The molecule has 2 aromatic heterocycles. The van der Waals surface area contributed by atoms with E-state index in [-0.39, 0.29) is 17.0 Å². The summed E-state index contributed by atoms with van der Waals surface area (Å²) >= 11 is 1.33. The van der Waals surface area contributed by atoms with Gasteiger partial charge in [0.1, 0.15) is 16.8 Å². The molecule has 1 fully saturated rings. The van der Waals surface area contributed by atoms with E-state index < -0.39 is 5.97 Å². The minimum atomic E-state index is -1.08. The quantitative estimate of drug-likeness (QED) is 0.663. The van der Waals surface area contributed by atoms with Crippen molar-refractivity contribution in [3.05, 3.63) is 39.9 Å². The zero-order valence-corrected chi connectivity index (χ0v) is 13.4. The van der Waals surface area contributed by atoms with Crippen LogP contribution in [-0.4, -0.2) is 36.9 Å². The number of β-lactam (4-membered cyclic amide) rings is 1. The molecule has 1 aliphatic carbocycles. The van der Waals surface area contributed by atoms with Crippen molar-refractivity contribution >= 4 is 35.4 Å². The van der Waals surface area contributed by atoms with Gasteiger partial charge in [0.2, 0.25) is 5.71 Å². The van der Waals surface area contributed by atoms with Gasteiger partial charge in [-0.15, -0.1) is 11.8 Å². The lowest BCUT2D eigenvalue weighted by Crippen LogP contribution is -2.51. The summed E-state index contributed by atoms with van der Waals surface area (Å²) in [6, 6.07) is 1.83. The van der Waals surface area contributed by atoms with E-state index >= 15 is 0 Å². The maximum Gasteiger partial charge on any atom is 0.353 e. The predicted octanol–water partition coefficient (Wildman–Crippen LogP) is 2.03. The van der Waals surface area contributed by atoms with Crippen LogP contribution in [0.15, 0.2) is 27.2 Å². The summed E-state index contributed by atoms with van der Waals surface area (Å²) in [7, 11) is 0. The number of aryl methyl sites for hydroxylation is 2. The van der Waals surface area contributed by atoms with Crippen molar-refractivity contribution in [1.82, 2.24) is 14.5 Å². The Balaban J connectivity index is 1.47. The first-order valence-electron chi connectivity index (χ1n) is 7.78. The summed E-state index contributed by atoms with van der Waals surface area (Å²) in [5.74, 6) is -0.343. The molecule has 1 unspecified atom stereocenters. The highest BCUT2D eigenvalue weighted by atomic mass is 32.2. The number of carboxylic acids is 1. The Bertz CT molecular complexity index is 968. The van der Waals surface area contributed by atoms with Gasteiger partial charge in [0.05, 0.1) is 17.0 Å². The topological polar surface area (TPSA) is 88.0 Å². The molecule has 1 amide bonds. The van der Waals surface area contributed by atoms with Gasteiger partial charge < -0.3 is 9.52 Å². The van der Waals surface area contributed by atoms with Crippen molar-refractivity contribution in [2.45, 2.75) is 31.1 Å². The Hall–Kier alpha value is -2.48. The van der Waals surface area contributed by atoms with Crippen molar-refractivity contribution < 1.29 is 19.1 Å². The van der Waals surface area contributed by atoms with Crippen LogP contribution >= 0.6 is 11.8 Å². The normalized spacial score (nSPS) is 24.1. The third kappa shape index (κ3) is 1.77. The highest BCUT2D eigenvalue weighted by Gasteiger charge is 2.49. The van der Waals surface area contributed by atoms with Gasteiger partial charge in [-0.1, -0.05) is 0 Å². The Labute approximate surface area is 140 Å². The number of thioether (sulfide) groups is 1. The molecule has 24 heavy (non-hydrogen) atoms. The van der Waals surface area contributed by atoms with Gasteiger partial charge >= 0.3 is 5.97 Å². The molecule has 0 saturated carbocycles. The van der Waals surface area contributed by atoms with E-state index in [4.69, 9.17) is 9.52 Å². The number of aliphatic carboxylic acids is 1. The van der Waals surface area contributed by atoms with Crippen LogP contribution in [0.5, 0.6) is 0 Å². The number of nitrogens with zero attached hydrogens (tertiary/aromatic N) is 3. The van der Waals surface area contributed by atoms with Gasteiger partial charge in [-0.25, -0.2) is 9.31 Å². The fraction of sp³-hybridized carbons (Fsp3) is 0.312. The van der Waals surface area contributed by atoms with Crippen LogP contribution in [0.1, 0.15) is 30.0 Å². The van der Waals surface area contributed by atoms with Crippen LogP contribution < -0.4 is 0 Å². The first kappa shape index (κ1) is 13.9. The number of carbonyl (C=O) groups is 2. The van der Waals surface area contributed by atoms with E-state index in [0.29, 0.717) is 17.0 Å². The number of rotatable bonds is 2. The minimum Gasteiger partial charge on any atom is -0.477 e. The van der Waals surface area contributed by atoms with Crippen molar-refractivity contribution in [2.24, 2.45) is 0 Å². The van der Waals surface area contributed by atoms with Crippen LogP contribution in [0.25, 0.3) is 11.8 Å². The second-order valence-corrected chi connectivity index (χ2v) is 7.02. The highest BCUT2D eigenvalue weighted by Crippen LogP contribution is 2.45. The summed E-state index contributed by atoms with van der Waals surface area (Å²) in [4.78, 5) is 24.6. The third-order valence-electron chi connectivity index (χ3n) is 4.63. The maximum absolute atomic E-state index is 12.2. The second kappa shape index (κ2) is 4.76. The minimum absolute atomic E-state index is 0.0415. The summed E-state index contributed by atoms with van der Waals surface area (Å²) in [6.45, 7) is 0. The lowest BCUT2D eigenvalue weighted by atomic mass is 10.0. The first-order valence-corrected chi connectivity index (χ1v) is 8.72. The molecule has 1 atom stereocenters. The standard InChI is InChI=1S/C16H13N3O4S/c20-14-9(15-18(14)11(7-24-15)16(21)22)5-8-6-13-19(17-8)10-3-1-2-4-12(10)23-13/h5-7,15H,1-4H2,(H,21,22). The molecule has 2 aromatic rings. The summed E-state index contributed by atoms with van der Waals surface area (Å²) in [6.07, 6.45) is 5.91. The molecule has 0 aromatic carbocycles. The molecule has 5 rings (SSSR count). The van der Waals surface area contributed by atoms with Gasteiger partial charge in [-0.2, -0.15) is 5.10 Å². The number of hydrogen-bond acceptors (Lipinski definition) is 5. The average Bonchev–Trinajstić information content (AvgIpc) is 3.22. The molecule has 0 spiro atoms. The van der Waals surface area contributed by atoms with Crippen molar-refractivity contribution in [3.63, 3.8) is 0 Å². The molecule has 8 heteroatoms. The second-order valence-electron chi connectivity index (χ2n) is 6.07. The Morgan fingerprint density at radius 3 is 3.08 bits per heavy atom. The first-order chi connectivity index (χ1) is 11.6. The Morgan fingerprint density at radius 1 is 1.42 bits per heavy atom. The smallest absolute Gasteiger partial charge is 0.353 e. The van der Waals surface area contributed by atoms with Crippen LogP contribution in [-0.2, 0) is 22.4 Å². The summed E-state index contributed by atoms with van der Waals surface area (Å²) in [5, 5.41) is 14.9. The van der Waals surface area contributed by atoms with Crippen LogP contribution in [0.3, 0.4) is 0 Å². The number of fused-ring (bicyclic) bond motifs is 4. The lowest BCUT2D eigenvalue weighted by Gasteiger charge is -2.36. The van der Waals surface area contributed by atoms with Gasteiger partial charge in [-0.05, 0) is 25.3 Å². The summed E-state index contributed by atoms with van der Waals surface area (Å²) < 4.78 is 7.67. The Kier molecular flexibility index (Phi) is 2.76. The van der Waals surface area contributed by atoms with E-state index in [1.807, 2.05) is 10.6 Å². The van der Waals surface area contributed by atoms with E-state index in [2.05, 4.69) is 5.10 Å². The van der Waals surface area contributed by atoms with E-state index in [9.17, 15) is 9.59 Å². The molecule has 4 heterocycles. The van der Waals surface area contributed by atoms with Crippen molar-refractivity contribution in [1.29, 1.82) is 0 Å². The molecule has 3 aliphatic rings. The van der Waals surface area contributed by atoms with Crippen LogP contribution in [0.4, 0.5) is 0 Å². The molecule has 0 radical (unpaired) electrons. The fourth-order valence-corrected chi connectivity index (χ4v) is 4.58. The number of carbonyl (C=O) groups excluding carboxylic acids is 1. The summed E-state index contributed by atoms with van der Waals surface area (Å²) in [5.41, 5.74) is 3.09. The van der Waals surface area contributed by atoms with Crippen LogP contribution in [0, 0.1) is 0 Å². The van der Waals surface area contributed by atoms with Crippen LogP contribution in [0.2, 0.25) is 0 Å². The molecule has 1 saturated heterocycles. The number of aromatic nitrogens is 2. The maximum atomic E-state index is 12.2. The SMILES string of the molecule is O=C(O)C1=CSC2C(=Cc3cc4oc5c(n4n3)CCCC5)C(=O)N12. The van der Waals surface area contributed by atoms with Gasteiger partial charge in [0.15, 0.2) is 0 Å². The lowest BCUT2D eigenvalue weighted by molar-refractivity contribution is -0.141. The predicted molar refractivity (Wildman–Crippen MR) is 86.0 cm³/mol. The van der Waals surface area contributed by atoms with Crippen molar-refractivity contribution in [3.8, 4) is 0 Å². The molecule has 2 aliphatic heterocycles. The molecular formula is C16H13N3O4S. The zero-order valence-electron chi connectivity index (χ0n) is 12.6. The van der Waals surface area contributed by atoms with E-state index in [1.54, 1.807) is 6.08 Å². The van der Waals surface area contributed by atoms with Gasteiger partial charge in [0, 0.05) is 17.9 Å². The largest absolute Gasteiger partial charge is 0.477 e. The average molecular weight is 343 g/mol. The van der Waals surface area contributed by atoms with Crippen molar-refractivity contribution in [2.75, 3.05) is 0 Å². The fourth-order valence-electron chi connectivity index (χ4n) is 3.47. The molecule has 122 valence electrons. The zero-order chi connectivity index (χ0) is 16.4. The number of hydrogen-bond donors (Lipinski definition) is 1.